The Hall–Kier alpha value is -4.91. The summed E-state index contributed by atoms with van der Waals surface area (Å²) < 4.78 is 132. The number of fused-ring (bicyclic) bond motifs is 1. The largest absolute Gasteiger partial charge is 0.483 e. The van der Waals surface area contributed by atoms with Gasteiger partial charge >= 0.3 is 6.18 Å². The van der Waals surface area contributed by atoms with Crippen LogP contribution in [0.15, 0.2) is 72.8 Å². The van der Waals surface area contributed by atoms with Gasteiger partial charge in [-0.2, -0.15) is 13.2 Å². The summed E-state index contributed by atoms with van der Waals surface area (Å²) in [6.07, 6.45) is -1.32. The number of halogens is 9. The van der Waals surface area contributed by atoms with Crippen molar-refractivity contribution >= 4 is 10.8 Å². The van der Waals surface area contributed by atoms with Crippen LogP contribution in [0, 0.1) is 46.7 Å². The molecule has 0 radical (unpaired) electrons. The van der Waals surface area contributed by atoms with Crippen LogP contribution < -0.4 is 4.74 Å². The van der Waals surface area contributed by atoms with E-state index in [2.05, 4.69) is 6.92 Å². The fourth-order valence-corrected chi connectivity index (χ4v) is 5.16. The molecule has 0 unspecified atom stereocenters. The van der Waals surface area contributed by atoms with Crippen molar-refractivity contribution in [3.8, 4) is 39.8 Å². The van der Waals surface area contributed by atoms with Crippen LogP contribution in [0.25, 0.3) is 33.0 Å². The van der Waals surface area contributed by atoms with E-state index in [0.29, 0.717) is 6.42 Å². The van der Waals surface area contributed by atoms with Crippen LogP contribution in [0.5, 0.6) is 5.75 Å². The molecule has 242 valence electrons. The molecular weight excluding hydrogens is 631 g/mol. The van der Waals surface area contributed by atoms with Crippen LogP contribution in [-0.4, -0.2) is 6.18 Å². The van der Waals surface area contributed by atoms with E-state index >= 15 is 4.39 Å². The highest BCUT2D eigenvalue weighted by molar-refractivity contribution is 5.89. The molecule has 0 amide bonds. The lowest BCUT2D eigenvalue weighted by molar-refractivity contribution is -0.0696. The van der Waals surface area contributed by atoms with Gasteiger partial charge in [0.25, 0.3) is 0 Å². The second-order valence-corrected chi connectivity index (χ2v) is 10.9. The van der Waals surface area contributed by atoms with Crippen LogP contribution in [0.4, 0.5) is 39.5 Å². The van der Waals surface area contributed by atoms with Gasteiger partial charge in [-0.05, 0) is 76.9 Å². The lowest BCUT2D eigenvalue weighted by Gasteiger charge is -2.13. The molecule has 0 bridgehead atoms. The number of alkyl halides is 3. The lowest BCUT2D eigenvalue weighted by atomic mass is 9.98. The van der Waals surface area contributed by atoms with E-state index in [0.717, 1.165) is 61.1 Å². The number of ether oxygens (including phenoxy) is 1. The van der Waals surface area contributed by atoms with E-state index in [1.165, 1.54) is 42.3 Å². The first kappa shape index (κ1) is 33.5. The molecule has 0 aliphatic rings. The first-order chi connectivity index (χ1) is 22.3. The highest BCUT2D eigenvalue weighted by atomic mass is 19.4. The summed E-state index contributed by atoms with van der Waals surface area (Å²) in [5.41, 5.74) is 0.169. The summed E-state index contributed by atoms with van der Waals surface area (Å²) in [5, 5.41) is -0.261. The maximum Gasteiger partial charge on any atom is 0.458 e. The molecule has 5 rings (SSSR count). The smallest absolute Gasteiger partial charge is 0.458 e. The number of unbranched alkanes of at least 4 members (excludes halogenated alkanes) is 2. The van der Waals surface area contributed by atoms with Crippen molar-refractivity contribution in [2.75, 3.05) is 0 Å². The van der Waals surface area contributed by atoms with Gasteiger partial charge in [-0.1, -0.05) is 62.1 Å². The summed E-state index contributed by atoms with van der Waals surface area (Å²) in [4.78, 5) is 0. The molecule has 0 atom stereocenters. The van der Waals surface area contributed by atoms with E-state index in [1.807, 2.05) is 0 Å². The number of benzene rings is 5. The predicted octanol–water partition coefficient (Wildman–Crippen LogP) is 11.2. The summed E-state index contributed by atoms with van der Waals surface area (Å²) in [5.74, 6) is -4.58. The van der Waals surface area contributed by atoms with E-state index in [4.69, 9.17) is 4.74 Å². The molecule has 5 aromatic rings. The van der Waals surface area contributed by atoms with Crippen molar-refractivity contribution in [3.63, 3.8) is 0 Å². The van der Waals surface area contributed by atoms with Gasteiger partial charge < -0.3 is 4.74 Å². The van der Waals surface area contributed by atoms with Crippen LogP contribution in [0.1, 0.15) is 42.9 Å². The number of hydrogen-bond acceptors (Lipinski definition) is 1. The molecule has 0 N–H and O–H groups in total. The zero-order valence-electron chi connectivity index (χ0n) is 24.8. The van der Waals surface area contributed by atoms with E-state index in [9.17, 15) is 35.1 Å². The van der Waals surface area contributed by atoms with Crippen molar-refractivity contribution in [2.24, 2.45) is 0 Å². The number of rotatable bonds is 9. The second kappa shape index (κ2) is 13.8. The third-order valence-corrected chi connectivity index (χ3v) is 7.50. The molecular formula is C37H25F9O. The van der Waals surface area contributed by atoms with Crippen molar-refractivity contribution in [2.45, 2.75) is 45.4 Å². The summed E-state index contributed by atoms with van der Waals surface area (Å²) in [6.45, 7) is 1.63. The monoisotopic (exact) mass is 656 g/mol. The van der Waals surface area contributed by atoms with Gasteiger partial charge in [-0.3, -0.25) is 0 Å². The summed E-state index contributed by atoms with van der Waals surface area (Å²) in [7, 11) is 0. The molecule has 47 heavy (non-hydrogen) atoms. The van der Waals surface area contributed by atoms with E-state index in [1.54, 1.807) is 6.07 Å². The minimum absolute atomic E-state index is 0.0116. The third-order valence-electron chi connectivity index (χ3n) is 7.50. The molecule has 0 saturated heterocycles. The Labute approximate surface area is 264 Å². The molecule has 10 heteroatoms. The Bertz CT molecular complexity index is 2000. The average Bonchev–Trinajstić information content (AvgIpc) is 3.00. The van der Waals surface area contributed by atoms with Crippen LogP contribution in [0.3, 0.4) is 0 Å². The standard InChI is InChI=1S/C37H25F9O/c1-2-3-4-5-21-6-9-27(30(38)14-21)25-18-33(41)36(34(42)19-25)47-20-22-7-10-26(31(39)15-22)23-8-11-28-24(16-23)17-32(40)29(35(28)43)12-13-37(44,45)46/h6-11,14-19H,2-5,20H2,1H3. The number of aryl methyl sites for hydroxylation is 1. The van der Waals surface area contributed by atoms with Gasteiger partial charge in [0.05, 0.1) is 5.56 Å². The molecule has 0 aromatic heterocycles. The molecule has 0 spiro atoms. The van der Waals surface area contributed by atoms with Gasteiger partial charge in [-0.15, -0.1) is 0 Å². The van der Waals surface area contributed by atoms with Gasteiger partial charge in [-0.25, -0.2) is 26.3 Å². The van der Waals surface area contributed by atoms with Crippen molar-refractivity contribution in [1.82, 2.24) is 0 Å². The first-order valence-corrected chi connectivity index (χ1v) is 14.6. The fourth-order valence-electron chi connectivity index (χ4n) is 5.16. The first-order valence-electron chi connectivity index (χ1n) is 14.6. The molecule has 0 aliphatic carbocycles. The Morgan fingerprint density at radius 1 is 0.638 bits per heavy atom. The summed E-state index contributed by atoms with van der Waals surface area (Å²) >= 11 is 0. The fraction of sp³-hybridized carbons (Fsp3) is 0.189. The predicted molar refractivity (Wildman–Crippen MR) is 162 cm³/mol. The average molecular weight is 657 g/mol. The van der Waals surface area contributed by atoms with Crippen molar-refractivity contribution in [3.05, 3.63) is 124 Å². The normalized spacial score (nSPS) is 11.4. The van der Waals surface area contributed by atoms with Gasteiger partial charge in [0.15, 0.2) is 17.4 Å². The number of hydrogen-bond donors (Lipinski definition) is 0. The molecule has 0 saturated carbocycles. The second-order valence-electron chi connectivity index (χ2n) is 10.9. The molecule has 0 heterocycles. The SMILES string of the molecule is CCCCCc1ccc(-c2cc(F)c(OCc3ccc(-c4ccc5c(F)c(C#CC(F)(F)F)c(F)cc5c4)c(F)c3)c(F)c2)c(F)c1. The maximum absolute atomic E-state index is 15.1. The van der Waals surface area contributed by atoms with Gasteiger partial charge in [0, 0.05) is 22.4 Å². The highest BCUT2D eigenvalue weighted by Gasteiger charge is 2.24. The minimum Gasteiger partial charge on any atom is -0.483 e. The maximum atomic E-state index is 15.1. The van der Waals surface area contributed by atoms with Crippen LogP contribution in [-0.2, 0) is 13.0 Å². The Morgan fingerprint density at radius 2 is 1.28 bits per heavy atom. The molecule has 5 aromatic carbocycles. The Kier molecular flexibility index (Phi) is 9.85. The Balaban J connectivity index is 1.32. The quantitative estimate of drug-likeness (QED) is 0.0872. The van der Waals surface area contributed by atoms with E-state index < -0.39 is 59.0 Å². The Morgan fingerprint density at radius 3 is 1.91 bits per heavy atom. The molecule has 1 nitrogen and oxygen atoms in total. The minimum atomic E-state index is -4.94. The van der Waals surface area contributed by atoms with Crippen LogP contribution in [0.2, 0.25) is 0 Å². The topological polar surface area (TPSA) is 9.23 Å². The lowest BCUT2D eigenvalue weighted by Crippen LogP contribution is -2.02. The zero-order valence-corrected chi connectivity index (χ0v) is 24.8. The van der Waals surface area contributed by atoms with Crippen molar-refractivity contribution < 1.29 is 44.3 Å². The third kappa shape index (κ3) is 7.74. The van der Waals surface area contributed by atoms with Gasteiger partial charge in [0.1, 0.15) is 29.9 Å². The van der Waals surface area contributed by atoms with Crippen LogP contribution >= 0.6 is 0 Å². The summed E-state index contributed by atoms with van der Waals surface area (Å²) in [6, 6.07) is 14.8. The molecule has 0 fully saturated rings. The highest BCUT2D eigenvalue weighted by Crippen LogP contribution is 2.33. The van der Waals surface area contributed by atoms with Crippen molar-refractivity contribution in [1.29, 1.82) is 0 Å². The van der Waals surface area contributed by atoms with E-state index in [-0.39, 0.29) is 38.6 Å². The van der Waals surface area contributed by atoms with Gasteiger partial charge in [0.2, 0.25) is 0 Å². The zero-order chi connectivity index (χ0) is 33.9. The molecule has 0 aliphatic heterocycles.